The van der Waals surface area contributed by atoms with E-state index in [1.807, 2.05) is 0 Å². The summed E-state index contributed by atoms with van der Waals surface area (Å²) in [5.74, 6) is 0.546. The summed E-state index contributed by atoms with van der Waals surface area (Å²) in [6.07, 6.45) is 7.17. The maximum atomic E-state index is 6.25. The Kier molecular flexibility index (Phi) is 2.44. The van der Waals surface area contributed by atoms with Crippen LogP contribution in [0.15, 0.2) is 30.5 Å². The number of hydrogen-bond donors (Lipinski definition) is 2. The molecule has 0 aliphatic heterocycles. The smallest absolute Gasteiger partial charge is 0.0456 e. The lowest BCUT2D eigenvalue weighted by Gasteiger charge is -2.28. The monoisotopic (exact) mass is 214 g/mol. The predicted octanol–water partition coefficient (Wildman–Crippen LogP) is 3.15. The molecule has 1 saturated carbocycles. The summed E-state index contributed by atoms with van der Waals surface area (Å²) in [5, 5.41) is 1.35. The molecule has 1 aromatic heterocycles. The molecule has 0 saturated heterocycles. The molecule has 1 aliphatic carbocycles. The zero-order valence-electron chi connectivity index (χ0n) is 9.45. The van der Waals surface area contributed by atoms with Gasteiger partial charge in [-0.15, -0.1) is 0 Å². The third-order valence-corrected chi connectivity index (χ3v) is 3.84. The summed E-state index contributed by atoms with van der Waals surface area (Å²) in [4.78, 5) is 3.35. The Labute approximate surface area is 95.8 Å². The maximum Gasteiger partial charge on any atom is 0.0456 e. The van der Waals surface area contributed by atoms with Crippen molar-refractivity contribution in [2.24, 2.45) is 5.73 Å². The number of H-pyrrole nitrogens is 1. The average Bonchev–Trinajstić information content (AvgIpc) is 2.74. The Balaban J connectivity index is 2.04. The number of aromatic amines is 1. The lowest BCUT2D eigenvalue weighted by molar-refractivity contribution is 0.387. The molecule has 1 fully saturated rings. The predicted molar refractivity (Wildman–Crippen MR) is 67.5 cm³/mol. The van der Waals surface area contributed by atoms with Crippen molar-refractivity contribution in [3.05, 3.63) is 36.0 Å². The number of para-hydroxylation sites is 1. The van der Waals surface area contributed by atoms with Gasteiger partial charge in [-0.1, -0.05) is 31.0 Å². The van der Waals surface area contributed by atoms with Crippen molar-refractivity contribution >= 4 is 10.9 Å². The van der Waals surface area contributed by atoms with Gasteiger partial charge >= 0.3 is 0 Å². The van der Waals surface area contributed by atoms with E-state index in [9.17, 15) is 0 Å². The SMILES string of the molecule is N[C@@H]1CCCC[C@H]1c1c[nH]c2ccccc12. The van der Waals surface area contributed by atoms with Gasteiger partial charge in [0.05, 0.1) is 0 Å². The minimum atomic E-state index is 0.341. The molecular weight excluding hydrogens is 196 g/mol. The van der Waals surface area contributed by atoms with Crippen LogP contribution in [0.3, 0.4) is 0 Å². The van der Waals surface area contributed by atoms with Crippen LogP contribution in [0.5, 0.6) is 0 Å². The van der Waals surface area contributed by atoms with Crippen molar-refractivity contribution < 1.29 is 0 Å². The number of fused-ring (bicyclic) bond motifs is 1. The molecule has 0 radical (unpaired) electrons. The van der Waals surface area contributed by atoms with Gasteiger partial charge in [0.1, 0.15) is 0 Å². The fraction of sp³-hybridized carbons (Fsp3) is 0.429. The van der Waals surface area contributed by atoms with Crippen LogP contribution < -0.4 is 5.73 Å². The van der Waals surface area contributed by atoms with Crippen LogP contribution in [0, 0.1) is 0 Å². The standard InChI is InChI=1S/C14H18N2/c15-13-7-3-1-5-10(13)12-9-16-14-8-4-2-6-11(12)14/h2,4,6,8-10,13,16H,1,3,5,7,15H2/t10-,13+/m0/s1. The molecule has 0 unspecified atom stereocenters. The Morgan fingerprint density at radius 1 is 1.12 bits per heavy atom. The van der Waals surface area contributed by atoms with E-state index in [2.05, 4.69) is 35.4 Å². The van der Waals surface area contributed by atoms with Gasteiger partial charge in [-0.2, -0.15) is 0 Å². The Bertz CT molecular complexity index is 486. The molecule has 2 nitrogen and oxygen atoms in total. The zero-order chi connectivity index (χ0) is 11.0. The lowest BCUT2D eigenvalue weighted by atomic mass is 9.80. The summed E-state index contributed by atoms with van der Waals surface area (Å²) in [6.45, 7) is 0. The fourth-order valence-corrected chi connectivity index (χ4v) is 2.95. The zero-order valence-corrected chi connectivity index (χ0v) is 9.45. The summed E-state index contributed by atoms with van der Waals surface area (Å²) < 4.78 is 0. The number of hydrogen-bond acceptors (Lipinski definition) is 1. The van der Waals surface area contributed by atoms with Crippen LogP contribution in [0.1, 0.15) is 37.2 Å². The largest absolute Gasteiger partial charge is 0.361 e. The van der Waals surface area contributed by atoms with E-state index < -0.39 is 0 Å². The quantitative estimate of drug-likeness (QED) is 0.752. The van der Waals surface area contributed by atoms with E-state index in [-0.39, 0.29) is 0 Å². The highest BCUT2D eigenvalue weighted by Crippen LogP contribution is 2.35. The normalized spacial score (nSPS) is 26.1. The lowest BCUT2D eigenvalue weighted by Crippen LogP contribution is -2.31. The van der Waals surface area contributed by atoms with Crippen LogP contribution in [0.4, 0.5) is 0 Å². The number of aromatic nitrogens is 1. The third-order valence-electron chi connectivity index (χ3n) is 3.84. The molecule has 3 rings (SSSR count). The van der Waals surface area contributed by atoms with E-state index in [0.717, 1.165) is 0 Å². The molecule has 0 amide bonds. The number of nitrogens with two attached hydrogens (primary N) is 1. The molecule has 0 bridgehead atoms. The molecule has 0 spiro atoms. The highest BCUT2D eigenvalue weighted by molar-refractivity contribution is 5.83. The van der Waals surface area contributed by atoms with Crippen molar-refractivity contribution in [2.45, 2.75) is 37.6 Å². The van der Waals surface area contributed by atoms with Gasteiger partial charge in [0.15, 0.2) is 0 Å². The van der Waals surface area contributed by atoms with Crippen molar-refractivity contribution in [3.8, 4) is 0 Å². The molecule has 1 heterocycles. The number of rotatable bonds is 1. The summed E-state index contributed by atoms with van der Waals surface area (Å²) in [7, 11) is 0. The van der Waals surface area contributed by atoms with E-state index in [0.29, 0.717) is 12.0 Å². The number of nitrogens with one attached hydrogen (secondary N) is 1. The van der Waals surface area contributed by atoms with Crippen LogP contribution in [-0.2, 0) is 0 Å². The van der Waals surface area contributed by atoms with Gasteiger partial charge in [0, 0.05) is 29.1 Å². The van der Waals surface area contributed by atoms with Gasteiger partial charge < -0.3 is 10.7 Å². The van der Waals surface area contributed by atoms with Gasteiger partial charge in [0.25, 0.3) is 0 Å². The summed E-state index contributed by atoms with van der Waals surface area (Å²) in [6, 6.07) is 8.85. The van der Waals surface area contributed by atoms with E-state index in [1.165, 1.54) is 42.1 Å². The molecule has 2 atom stereocenters. The van der Waals surface area contributed by atoms with Crippen LogP contribution in [0.2, 0.25) is 0 Å². The Morgan fingerprint density at radius 2 is 1.94 bits per heavy atom. The van der Waals surface area contributed by atoms with Crippen LogP contribution in [0.25, 0.3) is 10.9 Å². The minimum Gasteiger partial charge on any atom is -0.361 e. The molecule has 1 aliphatic rings. The fourth-order valence-electron chi connectivity index (χ4n) is 2.95. The maximum absolute atomic E-state index is 6.25. The highest BCUT2D eigenvalue weighted by atomic mass is 14.7. The Morgan fingerprint density at radius 3 is 2.81 bits per heavy atom. The first-order chi connectivity index (χ1) is 7.86. The minimum absolute atomic E-state index is 0.341. The molecule has 1 aromatic carbocycles. The van der Waals surface area contributed by atoms with Gasteiger partial charge in [-0.25, -0.2) is 0 Å². The second-order valence-corrected chi connectivity index (χ2v) is 4.84. The summed E-state index contributed by atoms with van der Waals surface area (Å²) >= 11 is 0. The van der Waals surface area contributed by atoms with E-state index in [1.54, 1.807) is 0 Å². The summed E-state index contributed by atoms with van der Waals surface area (Å²) in [5.41, 5.74) is 8.90. The first kappa shape index (κ1) is 9.91. The molecule has 3 N–H and O–H groups in total. The van der Waals surface area contributed by atoms with Gasteiger partial charge in [-0.05, 0) is 24.5 Å². The molecule has 2 heteroatoms. The third kappa shape index (κ3) is 1.54. The molecule has 84 valence electrons. The van der Waals surface area contributed by atoms with Gasteiger partial charge in [-0.3, -0.25) is 0 Å². The van der Waals surface area contributed by atoms with Crippen molar-refractivity contribution in [1.29, 1.82) is 0 Å². The molecular formula is C14H18N2. The van der Waals surface area contributed by atoms with Crippen molar-refractivity contribution in [3.63, 3.8) is 0 Å². The first-order valence-electron chi connectivity index (χ1n) is 6.18. The molecule has 2 aromatic rings. The van der Waals surface area contributed by atoms with Crippen molar-refractivity contribution in [2.75, 3.05) is 0 Å². The second-order valence-electron chi connectivity index (χ2n) is 4.84. The topological polar surface area (TPSA) is 41.8 Å². The number of benzene rings is 1. The average molecular weight is 214 g/mol. The van der Waals surface area contributed by atoms with Crippen LogP contribution >= 0.6 is 0 Å². The second kappa shape index (κ2) is 3.95. The highest BCUT2D eigenvalue weighted by Gasteiger charge is 2.25. The van der Waals surface area contributed by atoms with Gasteiger partial charge in [0.2, 0.25) is 0 Å². The van der Waals surface area contributed by atoms with Crippen LogP contribution in [-0.4, -0.2) is 11.0 Å². The van der Waals surface area contributed by atoms with E-state index in [4.69, 9.17) is 5.73 Å². The van der Waals surface area contributed by atoms with E-state index >= 15 is 0 Å². The first-order valence-corrected chi connectivity index (χ1v) is 6.18. The van der Waals surface area contributed by atoms with Crippen molar-refractivity contribution in [1.82, 2.24) is 4.98 Å². The molecule has 16 heavy (non-hydrogen) atoms. The Hall–Kier alpha value is -1.28.